The van der Waals surface area contributed by atoms with Gasteiger partial charge in [-0.05, 0) is 53.0 Å². The zero-order valence-electron chi connectivity index (χ0n) is 13.6. The van der Waals surface area contributed by atoms with Gasteiger partial charge in [-0.25, -0.2) is 4.79 Å². The quantitative estimate of drug-likeness (QED) is 0.565. The lowest BCUT2D eigenvalue weighted by Gasteiger charge is -2.20. The van der Waals surface area contributed by atoms with E-state index in [2.05, 4.69) is 37.2 Å². The normalized spacial score (nSPS) is 11.7. The van der Waals surface area contributed by atoms with E-state index >= 15 is 0 Å². The second kappa shape index (κ2) is 9.70. The molecule has 0 spiro atoms. The molecule has 2 aromatic carbocycles. The fourth-order valence-corrected chi connectivity index (χ4v) is 3.56. The van der Waals surface area contributed by atoms with Crippen molar-refractivity contribution in [2.75, 3.05) is 6.61 Å². The number of aliphatic hydroxyl groups is 1. The number of phenols is 1. The minimum Gasteiger partial charge on any atom is -0.506 e. The van der Waals surface area contributed by atoms with E-state index in [0.717, 1.165) is 0 Å². The van der Waals surface area contributed by atoms with Crippen LogP contribution >= 0.6 is 31.9 Å². The summed E-state index contributed by atoms with van der Waals surface area (Å²) in [5.41, 5.74) is 0.686. The van der Waals surface area contributed by atoms with E-state index in [-0.39, 0.29) is 18.8 Å². The van der Waals surface area contributed by atoms with Gasteiger partial charge in [0.15, 0.2) is 0 Å². The Labute approximate surface area is 167 Å². The summed E-state index contributed by atoms with van der Waals surface area (Å²) in [6.45, 7) is -0.0969. The molecular weight excluding hydrogens is 470 g/mol. The number of hydrogen-bond donors (Lipinski definition) is 3. The van der Waals surface area contributed by atoms with Crippen LogP contribution in [0, 0.1) is 0 Å². The number of halogens is 2. The number of rotatable bonds is 6. The minimum absolute atomic E-state index is 0.0710. The molecule has 0 saturated heterocycles. The summed E-state index contributed by atoms with van der Waals surface area (Å²) in [7, 11) is 0. The van der Waals surface area contributed by atoms with E-state index < -0.39 is 18.1 Å². The number of aliphatic hydroxyl groups excluding tert-OH is 1. The van der Waals surface area contributed by atoms with Crippen LogP contribution in [-0.2, 0) is 4.74 Å². The Morgan fingerprint density at radius 3 is 2.50 bits per heavy atom. The molecule has 8 heteroatoms. The molecule has 0 aliphatic rings. The first-order valence-electron chi connectivity index (χ1n) is 7.78. The molecule has 138 valence electrons. The van der Waals surface area contributed by atoms with Crippen LogP contribution in [0.4, 0.5) is 4.79 Å². The molecule has 0 heterocycles. The first kappa shape index (κ1) is 20.4. The molecule has 2 aromatic rings. The molecule has 1 atom stereocenters. The van der Waals surface area contributed by atoms with Crippen LogP contribution in [0.2, 0.25) is 0 Å². The molecule has 0 aliphatic carbocycles. The Morgan fingerprint density at radius 1 is 1.15 bits per heavy atom. The van der Waals surface area contributed by atoms with Gasteiger partial charge >= 0.3 is 6.09 Å². The molecule has 0 unspecified atom stereocenters. The van der Waals surface area contributed by atoms with Crippen molar-refractivity contribution in [2.24, 2.45) is 0 Å². The van der Waals surface area contributed by atoms with Gasteiger partial charge in [0.2, 0.25) is 0 Å². The highest BCUT2D eigenvalue weighted by molar-refractivity contribution is 9.11. The summed E-state index contributed by atoms with van der Waals surface area (Å²) < 4.78 is 6.45. The predicted molar refractivity (Wildman–Crippen MR) is 103 cm³/mol. The summed E-state index contributed by atoms with van der Waals surface area (Å²) >= 11 is 6.55. The van der Waals surface area contributed by atoms with Gasteiger partial charge < -0.3 is 14.9 Å². The smallest absolute Gasteiger partial charge is 0.414 e. The van der Waals surface area contributed by atoms with Crippen molar-refractivity contribution in [3.8, 4) is 5.75 Å². The van der Waals surface area contributed by atoms with Gasteiger partial charge in [0.1, 0.15) is 11.9 Å². The number of aromatic hydroxyl groups is 1. The average Bonchev–Trinajstić information content (AvgIpc) is 2.62. The SMILES string of the molecule is O=C(NC(=O)c1ccccc1)O[C@H](CCCO)c1cc(Br)cc(Br)c1O. The molecule has 6 nitrogen and oxygen atoms in total. The van der Waals surface area contributed by atoms with E-state index in [9.17, 15) is 14.7 Å². The summed E-state index contributed by atoms with van der Waals surface area (Å²) in [6, 6.07) is 11.5. The zero-order chi connectivity index (χ0) is 19.1. The van der Waals surface area contributed by atoms with E-state index in [4.69, 9.17) is 9.84 Å². The fraction of sp³-hybridized carbons (Fsp3) is 0.222. The Balaban J connectivity index is 2.15. The number of nitrogens with one attached hydrogen (secondary N) is 1. The maximum absolute atomic E-state index is 12.1. The van der Waals surface area contributed by atoms with Crippen LogP contribution in [-0.4, -0.2) is 28.8 Å². The molecule has 0 bridgehead atoms. The number of hydrogen-bond acceptors (Lipinski definition) is 5. The zero-order valence-corrected chi connectivity index (χ0v) is 16.8. The maximum atomic E-state index is 12.1. The largest absolute Gasteiger partial charge is 0.506 e. The first-order chi connectivity index (χ1) is 12.4. The highest BCUT2D eigenvalue weighted by Crippen LogP contribution is 2.38. The number of imide groups is 1. The van der Waals surface area contributed by atoms with Crippen LogP contribution in [0.5, 0.6) is 5.75 Å². The van der Waals surface area contributed by atoms with Gasteiger partial charge in [-0.2, -0.15) is 0 Å². The number of benzene rings is 2. The van der Waals surface area contributed by atoms with Crippen molar-refractivity contribution in [3.63, 3.8) is 0 Å². The number of carbonyl (C=O) groups is 2. The summed E-state index contributed by atoms with van der Waals surface area (Å²) in [5.74, 6) is -0.658. The lowest BCUT2D eigenvalue weighted by atomic mass is 10.0. The van der Waals surface area contributed by atoms with Crippen molar-refractivity contribution in [3.05, 3.63) is 62.5 Å². The van der Waals surface area contributed by atoms with Gasteiger partial charge in [-0.3, -0.25) is 10.1 Å². The third-order valence-corrected chi connectivity index (χ3v) is 4.59. The van der Waals surface area contributed by atoms with Gasteiger partial charge in [-0.1, -0.05) is 34.1 Å². The number of ether oxygens (including phenoxy) is 1. The molecule has 0 radical (unpaired) electrons. The number of amides is 2. The van der Waals surface area contributed by atoms with Crippen molar-refractivity contribution in [2.45, 2.75) is 18.9 Å². The van der Waals surface area contributed by atoms with Crippen molar-refractivity contribution in [1.29, 1.82) is 0 Å². The van der Waals surface area contributed by atoms with Gasteiger partial charge in [0.05, 0.1) is 4.47 Å². The van der Waals surface area contributed by atoms with E-state index in [0.29, 0.717) is 26.5 Å². The molecule has 0 aliphatic heterocycles. The van der Waals surface area contributed by atoms with Crippen molar-refractivity contribution < 1.29 is 24.5 Å². The van der Waals surface area contributed by atoms with Gasteiger partial charge in [0, 0.05) is 22.2 Å². The Bertz CT molecular complexity index is 783. The standard InChI is InChI=1S/C18H17Br2NO5/c19-12-9-13(16(23)14(20)10-12)15(7-4-8-22)26-18(25)21-17(24)11-5-2-1-3-6-11/h1-3,5-6,9-10,15,22-23H,4,7-8H2,(H,21,24,25)/t15-/m1/s1. The summed E-state index contributed by atoms with van der Waals surface area (Å²) in [4.78, 5) is 24.2. The Kier molecular flexibility index (Phi) is 7.62. The van der Waals surface area contributed by atoms with Crippen LogP contribution in [0.15, 0.2) is 51.4 Å². The Hall–Kier alpha value is -1.90. The highest BCUT2D eigenvalue weighted by atomic mass is 79.9. The highest BCUT2D eigenvalue weighted by Gasteiger charge is 2.23. The van der Waals surface area contributed by atoms with Crippen molar-refractivity contribution in [1.82, 2.24) is 5.32 Å². The molecule has 0 fully saturated rings. The second-order valence-corrected chi connectivity index (χ2v) is 7.18. The van der Waals surface area contributed by atoms with Crippen LogP contribution in [0.3, 0.4) is 0 Å². The summed E-state index contributed by atoms with van der Waals surface area (Å²) in [6.07, 6.45) is -1.13. The monoisotopic (exact) mass is 485 g/mol. The third-order valence-electron chi connectivity index (χ3n) is 3.53. The number of phenolic OH excluding ortho intramolecular Hbond substituents is 1. The van der Waals surface area contributed by atoms with Crippen LogP contribution < -0.4 is 5.32 Å². The topological polar surface area (TPSA) is 95.9 Å². The minimum atomic E-state index is -0.933. The van der Waals surface area contributed by atoms with Crippen LogP contribution in [0.1, 0.15) is 34.9 Å². The first-order valence-corrected chi connectivity index (χ1v) is 9.36. The molecule has 2 amide bonds. The number of alkyl carbamates (subject to hydrolysis) is 1. The Morgan fingerprint density at radius 2 is 1.85 bits per heavy atom. The molecule has 3 N–H and O–H groups in total. The predicted octanol–water partition coefficient (Wildman–Crippen LogP) is 4.30. The number of carbonyl (C=O) groups excluding carboxylic acids is 2. The maximum Gasteiger partial charge on any atom is 0.414 e. The van der Waals surface area contributed by atoms with E-state index in [1.807, 2.05) is 0 Å². The van der Waals surface area contributed by atoms with E-state index in [1.165, 1.54) is 0 Å². The van der Waals surface area contributed by atoms with Crippen molar-refractivity contribution >= 4 is 43.9 Å². The molecule has 26 heavy (non-hydrogen) atoms. The lowest BCUT2D eigenvalue weighted by molar-refractivity contribution is 0.0762. The fourth-order valence-electron chi connectivity index (χ4n) is 2.30. The third kappa shape index (κ3) is 5.55. The molecular formula is C18H17Br2NO5. The molecule has 0 aromatic heterocycles. The summed E-state index contributed by atoms with van der Waals surface area (Å²) in [5, 5.41) is 21.5. The molecule has 2 rings (SSSR count). The van der Waals surface area contributed by atoms with Gasteiger partial charge in [0.25, 0.3) is 5.91 Å². The van der Waals surface area contributed by atoms with Gasteiger partial charge in [-0.15, -0.1) is 0 Å². The average molecular weight is 487 g/mol. The van der Waals surface area contributed by atoms with E-state index in [1.54, 1.807) is 42.5 Å². The second-order valence-electron chi connectivity index (χ2n) is 5.41. The lowest BCUT2D eigenvalue weighted by Crippen LogP contribution is -2.32. The van der Waals surface area contributed by atoms with Crippen LogP contribution in [0.25, 0.3) is 0 Å². The molecule has 0 saturated carbocycles.